The fraction of sp³-hybridized carbons (Fsp3) is 0.778. The molecule has 0 amide bonds. The van der Waals surface area contributed by atoms with Crippen LogP contribution >= 0.6 is 15.9 Å². The van der Waals surface area contributed by atoms with E-state index in [0.717, 1.165) is 43.5 Å². The molecule has 14 heavy (non-hydrogen) atoms. The highest BCUT2D eigenvalue weighted by atomic mass is 79.9. The second kappa shape index (κ2) is 4.89. The number of hydrogen-bond acceptors (Lipinski definition) is 3. The van der Waals surface area contributed by atoms with Crippen LogP contribution in [0.5, 0.6) is 0 Å². The number of nitrogens with zero attached hydrogens (tertiary/aromatic N) is 3. The van der Waals surface area contributed by atoms with E-state index in [-0.39, 0.29) is 0 Å². The molecule has 1 saturated heterocycles. The molecule has 0 bridgehead atoms. The Kier molecular flexibility index (Phi) is 3.53. The largest absolute Gasteiger partial charge is 0.381 e. The van der Waals surface area contributed by atoms with Gasteiger partial charge in [0.15, 0.2) is 0 Å². The molecule has 1 aliphatic heterocycles. The smallest absolute Gasteiger partial charge is 0.0835 e. The summed E-state index contributed by atoms with van der Waals surface area (Å²) < 4.78 is 7.29. The first-order valence-electron chi connectivity index (χ1n) is 4.94. The number of rotatable bonds is 3. The maximum absolute atomic E-state index is 5.31. The average Bonchev–Trinajstić information content (AvgIpc) is 2.68. The third-order valence-electron chi connectivity index (χ3n) is 2.47. The third kappa shape index (κ3) is 2.33. The fourth-order valence-corrected chi connectivity index (χ4v) is 2.06. The standard InChI is InChI=1S/C9H14BrN3O/c10-4-1-8-7-13(12-11-8)9-2-5-14-6-3-9/h7,9H,1-6H2. The molecular formula is C9H14BrN3O. The number of halogens is 1. The van der Waals surface area contributed by atoms with Gasteiger partial charge < -0.3 is 4.74 Å². The highest BCUT2D eigenvalue weighted by Crippen LogP contribution is 2.19. The van der Waals surface area contributed by atoms with Crippen molar-refractivity contribution in [2.75, 3.05) is 18.5 Å². The van der Waals surface area contributed by atoms with E-state index in [1.54, 1.807) is 0 Å². The number of alkyl halides is 1. The van der Waals surface area contributed by atoms with Crippen molar-refractivity contribution in [3.63, 3.8) is 0 Å². The summed E-state index contributed by atoms with van der Waals surface area (Å²) in [5.41, 5.74) is 1.06. The van der Waals surface area contributed by atoms with Gasteiger partial charge in [0, 0.05) is 31.2 Å². The van der Waals surface area contributed by atoms with E-state index in [1.807, 2.05) is 4.68 Å². The van der Waals surface area contributed by atoms with Gasteiger partial charge in [-0.1, -0.05) is 21.1 Å². The van der Waals surface area contributed by atoms with Crippen LogP contribution in [0.1, 0.15) is 24.6 Å². The van der Waals surface area contributed by atoms with Gasteiger partial charge in [0.05, 0.1) is 11.7 Å². The molecular weight excluding hydrogens is 246 g/mol. The van der Waals surface area contributed by atoms with E-state index < -0.39 is 0 Å². The second-order valence-electron chi connectivity index (χ2n) is 3.47. The summed E-state index contributed by atoms with van der Waals surface area (Å²) in [6.45, 7) is 1.69. The van der Waals surface area contributed by atoms with E-state index >= 15 is 0 Å². The lowest BCUT2D eigenvalue weighted by Gasteiger charge is -2.21. The Morgan fingerprint density at radius 2 is 2.29 bits per heavy atom. The van der Waals surface area contributed by atoms with Gasteiger partial charge in [-0.2, -0.15) is 0 Å². The van der Waals surface area contributed by atoms with Crippen molar-refractivity contribution in [3.8, 4) is 0 Å². The monoisotopic (exact) mass is 259 g/mol. The highest BCUT2D eigenvalue weighted by Gasteiger charge is 2.16. The number of aromatic nitrogens is 3. The van der Waals surface area contributed by atoms with Crippen molar-refractivity contribution >= 4 is 15.9 Å². The molecule has 0 spiro atoms. The quantitative estimate of drug-likeness (QED) is 0.774. The van der Waals surface area contributed by atoms with Crippen LogP contribution in [0.4, 0.5) is 0 Å². The van der Waals surface area contributed by atoms with Crippen molar-refractivity contribution < 1.29 is 4.74 Å². The number of ether oxygens (including phenoxy) is 1. The Morgan fingerprint density at radius 3 is 3.00 bits per heavy atom. The molecule has 1 aliphatic rings. The summed E-state index contributed by atoms with van der Waals surface area (Å²) in [7, 11) is 0. The van der Waals surface area contributed by atoms with Gasteiger partial charge in [0.2, 0.25) is 0 Å². The van der Waals surface area contributed by atoms with Gasteiger partial charge in [-0.15, -0.1) is 5.10 Å². The summed E-state index contributed by atoms with van der Waals surface area (Å²) in [6.07, 6.45) is 5.11. The highest BCUT2D eigenvalue weighted by molar-refractivity contribution is 9.09. The Morgan fingerprint density at radius 1 is 1.50 bits per heavy atom. The molecule has 0 radical (unpaired) electrons. The van der Waals surface area contributed by atoms with Crippen molar-refractivity contribution in [1.29, 1.82) is 0 Å². The zero-order valence-corrected chi connectivity index (χ0v) is 9.61. The SMILES string of the molecule is BrCCc1cn(C2CCOCC2)nn1. The van der Waals surface area contributed by atoms with Crippen molar-refractivity contribution in [1.82, 2.24) is 15.0 Å². The lowest BCUT2D eigenvalue weighted by molar-refractivity contribution is 0.0657. The molecule has 0 unspecified atom stereocenters. The van der Waals surface area contributed by atoms with E-state index in [2.05, 4.69) is 32.4 Å². The molecule has 4 nitrogen and oxygen atoms in total. The van der Waals surface area contributed by atoms with Gasteiger partial charge in [-0.05, 0) is 12.8 Å². The van der Waals surface area contributed by atoms with Crippen LogP contribution in [0.25, 0.3) is 0 Å². The normalized spacial score (nSPS) is 18.6. The van der Waals surface area contributed by atoms with Crippen molar-refractivity contribution in [2.45, 2.75) is 25.3 Å². The molecule has 1 aromatic heterocycles. The molecule has 0 saturated carbocycles. The predicted octanol–water partition coefficient (Wildman–Crippen LogP) is 1.57. The maximum atomic E-state index is 5.31. The molecule has 2 rings (SSSR count). The average molecular weight is 260 g/mol. The molecule has 0 aliphatic carbocycles. The first-order valence-corrected chi connectivity index (χ1v) is 6.06. The lowest BCUT2D eigenvalue weighted by atomic mass is 10.1. The summed E-state index contributed by atoms with van der Waals surface area (Å²) in [4.78, 5) is 0. The minimum Gasteiger partial charge on any atom is -0.381 e. The summed E-state index contributed by atoms with van der Waals surface area (Å²) in [5.74, 6) is 0. The topological polar surface area (TPSA) is 39.9 Å². The first kappa shape index (κ1) is 10.1. The van der Waals surface area contributed by atoms with Gasteiger partial charge in [0.25, 0.3) is 0 Å². The zero-order valence-electron chi connectivity index (χ0n) is 8.03. The van der Waals surface area contributed by atoms with Gasteiger partial charge in [-0.3, -0.25) is 0 Å². The Hall–Kier alpha value is -0.420. The number of hydrogen-bond donors (Lipinski definition) is 0. The van der Waals surface area contributed by atoms with E-state index in [1.165, 1.54) is 0 Å². The Labute approximate surface area is 91.8 Å². The molecule has 2 heterocycles. The molecule has 0 N–H and O–H groups in total. The maximum Gasteiger partial charge on any atom is 0.0835 e. The second-order valence-corrected chi connectivity index (χ2v) is 4.27. The van der Waals surface area contributed by atoms with Crippen LogP contribution in [0.3, 0.4) is 0 Å². The van der Waals surface area contributed by atoms with Crippen molar-refractivity contribution in [2.24, 2.45) is 0 Å². The van der Waals surface area contributed by atoms with Crippen LogP contribution in [0, 0.1) is 0 Å². The summed E-state index contributed by atoms with van der Waals surface area (Å²) in [6, 6.07) is 0.486. The first-order chi connectivity index (χ1) is 6.90. The van der Waals surface area contributed by atoms with E-state index in [4.69, 9.17) is 4.74 Å². The van der Waals surface area contributed by atoms with Gasteiger partial charge in [-0.25, -0.2) is 4.68 Å². The van der Waals surface area contributed by atoms with Crippen LogP contribution < -0.4 is 0 Å². The molecule has 1 aromatic rings. The minimum atomic E-state index is 0.486. The number of aryl methyl sites for hydroxylation is 1. The van der Waals surface area contributed by atoms with Crippen molar-refractivity contribution in [3.05, 3.63) is 11.9 Å². The third-order valence-corrected chi connectivity index (χ3v) is 2.87. The van der Waals surface area contributed by atoms with Crippen LogP contribution in [0.2, 0.25) is 0 Å². The van der Waals surface area contributed by atoms with Crippen LogP contribution in [-0.2, 0) is 11.2 Å². The minimum absolute atomic E-state index is 0.486. The fourth-order valence-electron chi connectivity index (χ4n) is 1.65. The molecule has 0 aromatic carbocycles. The van der Waals surface area contributed by atoms with Crippen LogP contribution in [0.15, 0.2) is 6.20 Å². The Balaban J connectivity index is 2.00. The van der Waals surface area contributed by atoms with E-state index in [0.29, 0.717) is 6.04 Å². The molecule has 0 atom stereocenters. The van der Waals surface area contributed by atoms with Gasteiger partial charge in [0.1, 0.15) is 0 Å². The van der Waals surface area contributed by atoms with Crippen LogP contribution in [-0.4, -0.2) is 33.5 Å². The zero-order chi connectivity index (χ0) is 9.80. The van der Waals surface area contributed by atoms with Gasteiger partial charge >= 0.3 is 0 Å². The molecule has 1 fully saturated rings. The van der Waals surface area contributed by atoms with E-state index in [9.17, 15) is 0 Å². The predicted molar refractivity (Wildman–Crippen MR) is 56.6 cm³/mol. The lowest BCUT2D eigenvalue weighted by Crippen LogP contribution is -2.19. The summed E-state index contributed by atoms with van der Waals surface area (Å²) in [5, 5.41) is 9.22. The Bertz CT molecular complexity index is 283. The molecule has 78 valence electrons. The summed E-state index contributed by atoms with van der Waals surface area (Å²) >= 11 is 3.39. The molecule has 5 heteroatoms.